The number of hydrogen-bond donors (Lipinski definition) is 1. The van der Waals surface area contributed by atoms with E-state index in [2.05, 4.69) is 5.16 Å². The Hall–Kier alpha value is -2.10. The van der Waals surface area contributed by atoms with Crippen molar-refractivity contribution >= 4 is 21.7 Å². The molecule has 3 fully saturated rings. The van der Waals surface area contributed by atoms with Crippen molar-refractivity contribution in [3.8, 4) is 0 Å². The van der Waals surface area contributed by atoms with Gasteiger partial charge in [0.25, 0.3) is 5.56 Å². The van der Waals surface area contributed by atoms with Crippen LogP contribution in [0.25, 0.3) is 0 Å². The topological polar surface area (TPSA) is 121 Å². The minimum Gasteiger partial charge on any atom is -0.384 e. The van der Waals surface area contributed by atoms with E-state index in [-0.39, 0.29) is 66.3 Å². The van der Waals surface area contributed by atoms with Crippen LogP contribution < -0.4 is 5.56 Å². The van der Waals surface area contributed by atoms with Crippen LogP contribution in [-0.4, -0.2) is 72.4 Å². The molecule has 1 aliphatic carbocycles. The third kappa shape index (κ3) is 3.54. The van der Waals surface area contributed by atoms with Crippen LogP contribution in [0.3, 0.4) is 0 Å². The normalized spacial score (nSPS) is 29.3. The fourth-order valence-corrected chi connectivity index (χ4v) is 5.82. The van der Waals surface area contributed by atoms with E-state index in [1.165, 1.54) is 6.07 Å². The summed E-state index contributed by atoms with van der Waals surface area (Å²) >= 11 is 0. The van der Waals surface area contributed by atoms with Crippen molar-refractivity contribution in [2.45, 2.75) is 31.7 Å². The van der Waals surface area contributed by atoms with Crippen LogP contribution in [0.4, 0.5) is 0 Å². The van der Waals surface area contributed by atoms with Gasteiger partial charge in [-0.2, -0.15) is 5.16 Å². The van der Waals surface area contributed by atoms with Gasteiger partial charge in [-0.15, -0.1) is 0 Å². The molecule has 1 N–H and O–H groups in total. The van der Waals surface area contributed by atoms with E-state index in [1.807, 2.05) is 0 Å². The van der Waals surface area contributed by atoms with Gasteiger partial charge in [-0.1, -0.05) is 0 Å². The van der Waals surface area contributed by atoms with Gasteiger partial charge < -0.3 is 14.3 Å². The molecule has 27 heavy (non-hydrogen) atoms. The first-order valence-corrected chi connectivity index (χ1v) is 11.1. The molecule has 1 aromatic rings. The summed E-state index contributed by atoms with van der Waals surface area (Å²) < 4.78 is 28.2. The molecule has 148 valence electrons. The van der Waals surface area contributed by atoms with E-state index in [1.54, 1.807) is 9.80 Å². The molecule has 0 aromatic carbocycles. The number of sulfone groups is 1. The summed E-state index contributed by atoms with van der Waals surface area (Å²) in [5.74, 6) is 0.362. The maximum atomic E-state index is 13.0. The van der Waals surface area contributed by atoms with Crippen molar-refractivity contribution in [2.24, 2.45) is 11.8 Å². The van der Waals surface area contributed by atoms with Crippen LogP contribution in [0.15, 0.2) is 15.4 Å². The molecule has 10 heteroatoms. The van der Waals surface area contributed by atoms with E-state index in [9.17, 15) is 22.8 Å². The highest BCUT2D eigenvalue weighted by Gasteiger charge is 2.52. The van der Waals surface area contributed by atoms with Gasteiger partial charge in [-0.3, -0.25) is 14.4 Å². The molecule has 0 radical (unpaired) electrons. The number of hydrogen-bond acceptors (Lipinski definition) is 6. The predicted octanol–water partition coefficient (Wildman–Crippen LogP) is -0.605. The fourth-order valence-electron chi connectivity index (χ4n) is 4.62. The highest BCUT2D eigenvalue weighted by Crippen LogP contribution is 2.44. The maximum Gasteiger partial charge on any atom is 0.280 e. The van der Waals surface area contributed by atoms with Crippen molar-refractivity contribution in [2.75, 3.05) is 31.1 Å². The van der Waals surface area contributed by atoms with Crippen molar-refractivity contribution in [3.63, 3.8) is 0 Å². The van der Waals surface area contributed by atoms with Crippen LogP contribution in [0.2, 0.25) is 0 Å². The molecule has 9 nitrogen and oxygen atoms in total. The number of fused-ring (bicyclic) bond motifs is 2. The molecule has 1 aromatic heterocycles. The number of aromatic amines is 1. The lowest BCUT2D eigenvalue weighted by molar-refractivity contribution is -0.137. The van der Waals surface area contributed by atoms with Crippen molar-refractivity contribution < 1.29 is 22.5 Å². The second-order valence-electron chi connectivity index (χ2n) is 7.63. The molecule has 2 aliphatic heterocycles. The largest absolute Gasteiger partial charge is 0.384 e. The number of H-pyrrole nitrogens is 1. The van der Waals surface area contributed by atoms with Gasteiger partial charge >= 0.3 is 0 Å². The van der Waals surface area contributed by atoms with E-state index >= 15 is 0 Å². The van der Waals surface area contributed by atoms with Crippen molar-refractivity contribution in [1.29, 1.82) is 0 Å². The van der Waals surface area contributed by atoms with Crippen LogP contribution >= 0.6 is 0 Å². The number of aromatic nitrogens is 1. The Bertz CT molecular complexity index is 890. The number of likely N-dealkylation sites (tertiary alicyclic amines) is 1. The summed E-state index contributed by atoms with van der Waals surface area (Å²) in [6.45, 7) is 1.07. The molecule has 2 saturated heterocycles. The first-order chi connectivity index (χ1) is 12.8. The number of carbonyl (C=O) groups excluding carboxylic acids is 2. The third-order valence-electron chi connectivity index (χ3n) is 6.01. The van der Waals surface area contributed by atoms with Gasteiger partial charge in [0.05, 0.1) is 17.4 Å². The second kappa shape index (κ2) is 6.81. The molecule has 0 unspecified atom stereocenters. The molecule has 4 rings (SSSR count). The van der Waals surface area contributed by atoms with Gasteiger partial charge in [-0.25, -0.2) is 8.42 Å². The molecule has 0 spiro atoms. The number of piperidine rings is 1. The fraction of sp³-hybridized carbons (Fsp3) is 0.706. The highest BCUT2D eigenvalue weighted by atomic mass is 32.2. The number of nitrogens with one attached hydrogen (secondary N) is 1. The average molecular weight is 397 g/mol. The van der Waals surface area contributed by atoms with Crippen LogP contribution in [0.1, 0.15) is 25.0 Å². The molecular weight excluding hydrogens is 374 g/mol. The average Bonchev–Trinajstić information content (AvgIpc) is 3.33. The number of aryl methyl sites for hydroxylation is 1. The molecular formula is C17H23N3O6S. The standard InChI is InChI=1S/C17H23N3O6S/c21-14-9-12(26-18-14)2-4-15(22)20-10-11-1-3-13(20)16(11)17(23)19-5-7-27(24,25)8-6-19/h9,11,13,16H,1-8,10H2,(H,18,21)/t11-,13-,16+/m0/s1. The van der Waals surface area contributed by atoms with Gasteiger partial charge in [0.2, 0.25) is 11.8 Å². The Labute approximate surface area is 156 Å². The lowest BCUT2D eigenvalue weighted by Gasteiger charge is -2.31. The highest BCUT2D eigenvalue weighted by molar-refractivity contribution is 7.91. The van der Waals surface area contributed by atoms with E-state index in [4.69, 9.17) is 4.52 Å². The first kappa shape index (κ1) is 18.3. The Morgan fingerprint density at radius 2 is 1.96 bits per heavy atom. The summed E-state index contributed by atoms with van der Waals surface area (Å²) in [7, 11) is -3.03. The lowest BCUT2D eigenvalue weighted by atomic mass is 9.96. The Kier molecular flexibility index (Phi) is 4.61. The smallest absolute Gasteiger partial charge is 0.280 e. The van der Waals surface area contributed by atoms with Gasteiger partial charge in [0.15, 0.2) is 9.84 Å². The van der Waals surface area contributed by atoms with E-state index in [0.29, 0.717) is 18.7 Å². The number of nitrogens with zero attached hydrogens (tertiary/aromatic N) is 2. The summed E-state index contributed by atoms with van der Waals surface area (Å²) in [6, 6.07) is 1.23. The van der Waals surface area contributed by atoms with E-state index in [0.717, 1.165) is 12.8 Å². The summed E-state index contributed by atoms with van der Waals surface area (Å²) in [6.07, 6.45) is 2.29. The minimum atomic E-state index is -3.03. The molecule has 2 amide bonds. The summed E-state index contributed by atoms with van der Waals surface area (Å²) in [5, 5.41) is 2.20. The lowest BCUT2D eigenvalue weighted by Crippen LogP contribution is -2.48. The summed E-state index contributed by atoms with van der Waals surface area (Å²) in [5.41, 5.74) is -0.327. The molecule has 1 saturated carbocycles. The van der Waals surface area contributed by atoms with Crippen molar-refractivity contribution in [1.82, 2.24) is 15.0 Å². The summed E-state index contributed by atoms with van der Waals surface area (Å²) in [4.78, 5) is 40.1. The van der Waals surface area contributed by atoms with Gasteiger partial charge in [0, 0.05) is 44.6 Å². The third-order valence-corrected chi connectivity index (χ3v) is 7.62. The molecule has 3 heterocycles. The Morgan fingerprint density at radius 3 is 2.63 bits per heavy atom. The SMILES string of the molecule is O=C([C@@H]1[C@H]2CC[C@@H]1N(C(=O)CCc1cc(=O)[nH]o1)C2)N1CCS(=O)(=O)CC1. The zero-order valence-corrected chi connectivity index (χ0v) is 15.7. The maximum absolute atomic E-state index is 13.0. The van der Waals surface area contributed by atoms with Gasteiger partial charge in [-0.05, 0) is 18.8 Å². The van der Waals surface area contributed by atoms with Crippen molar-refractivity contribution in [3.05, 3.63) is 22.2 Å². The second-order valence-corrected chi connectivity index (χ2v) is 9.94. The van der Waals surface area contributed by atoms with Crippen LogP contribution in [0.5, 0.6) is 0 Å². The Morgan fingerprint density at radius 1 is 1.22 bits per heavy atom. The number of carbonyl (C=O) groups is 2. The number of amides is 2. The Balaban J connectivity index is 1.38. The number of rotatable bonds is 4. The molecule has 3 aliphatic rings. The van der Waals surface area contributed by atoms with Crippen LogP contribution in [0, 0.1) is 11.8 Å². The molecule has 3 atom stereocenters. The zero-order chi connectivity index (χ0) is 19.2. The molecule has 2 bridgehead atoms. The van der Waals surface area contributed by atoms with E-state index < -0.39 is 9.84 Å². The monoisotopic (exact) mass is 397 g/mol. The zero-order valence-electron chi connectivity index (χ0n) is 14.9. The first-order valence-electron chi connectivity index (χ1n) is 9.30. The van der Waals surface area contributed by atoms with Crippen LogP contribution in [-0.2, 0) is 25.8 Å². The minimum absolute atomic E-state index is 0.00988. The van der Waals surface area contributed by atoms with Gasteiger partial charge in [0.1, 0.15) is 5.76 Å². The predicted molar refractivity (Wildman–Crippen MR) is 94.6 cm³/mol. The quantitative estimate of drug-likeness (QED) is 0.724.